The van der Waals surface area contributed by atoms with Gasteiger partial charge in [-0.3, -0.25) is 4.79 Å². The molecule has 0 aliphatic heterocycles. The van der Waals surface area contributed by atoms with Crippen LogP contribution in [-0.4, -0.2) is 25.7 Å². The number of rotatable bonds is 2. The van der Waals surface area contributed by atoms with Crippen LogP contribution in [0.15, 0.2) is 18.3 Å². The third-order valence-electron chi connectivity index (χ3n) is 1.89. The van der Waals surface area contributed by atoms with E-state index in [9.17, 15) is 4.79 Å². The summed E-state index contributed by atoms with van der Waals surface area (Å²) in [5, 5.41) is 12.8. The van der Waals surface area contributed by atoms with Gasteiger partial charge in [0, 0.05) is 11.8 Å². The summed E-state index contributed by atoms with van der Waals surface area (Å²) in [7, 11) is 0. The van der Waals surface area contributed by atoms with E-state index in [4.69, 9.17) is 5.11 Å². The molecule has 0 aromatic carbocycles. The smallest absolute Gasteiger partial charge is 0.307 e. The quantitative estimate of drug-likeness (QED) is 0.757. The number of carboxylic acid groups (broad SMARTS) is 1. The van der Waals surface area contributed by atoms with Crippen molar-refractivity contribution < 1.29 is 9.90 Å². The fourth-order valence-corrected chi connectivity index (χ4v) is 1.37. The Morgan fingerprint density at radius 3 is 3.14 bits per heavy atom. The summed E-state index contributed by atoms with van der Waals surface area (Å²) in [5.41, 5.74) is 1.30. The van der Waals surface area contributed by atoms with Crippen LogP contribution >= 0.6 is 0 Å². The Morgan fingerprint density at radius 2 is 2.43 bits per heavy atom. The topological polar surface area (TPSA) is 67.5 Å². The maximum absolute atomic E-state index is 10.6. The van der Waals surface area contributed by atoms with Gasteiger partial charge >= 0.3 is 5.97 Å². The van der Waals surface area contributed by atoms with Crippen LogP contribution in [0.3, 0.4) is 0 Å². The van der Waals surface area contributed by atoms with Gasteiger partial charge in [-0.25, -0.2) is 9.50 Å². The number of nitrogens with zero attached hydrogens (tertiary/aromatic N) is 3. The minimum atomic E-state index is -0.862. The monoisotopic (exact) mass is 191 g/mol. The molecular weight excluding hydrogens is 182 g/mol. The van der Waals surface area contributed by atoms with Crippen LogP contribution < -0.4 is 0 Å². The van der Waals surface area contributed by atoms with E-state index >= 15 is 0 Å². The lowest BCUT2D eigenvalue weighted by Gasteiger charge is -1.97. The molecule has 0 spiro atoms. The van der Waals surface area contributed by atoms with Crippen molar-refractivity contribution in [2.75, 3.05) is 0 Å². The molecule has 5 nitrogen and oxygen atoms in total. The van der Waals surface area contributed by atoms with Gasteiger partial charge in [-0.2, -0.15) is 5.10 Å². The minimum Gasteiger partial charge on any atom is -0.481 e. The van der Waals surface area contributed by atoms with E-state index in [0.717, 1.165) is 0 Å². The van der Waals surface area contributed by atoms with E-state index < -0.39 is 5.97 Å². The van der Waals surface area contributed by atoms with Gasteiger partial charge in [0.25, 0.3) is 0 Å². The van der Waals surface area contributed by atoms with Crippen molar-refractivity contribution in [1.82, 2.24) is 14.6 Å². The first kappa shape index (κ1) is 8.68. The number of aryl methyl sites for hydroxylation is 1. The molecule has 0 amide bonds. The van der Waals surface area contributed by atoms with E-state index in [1.54, 1.807) is 29.8 Å². The summed E-state index contributed by atoms with van der Waals surface area (Å²) in [4.78, 5) is 14.7. The molecule has 1 N–H and O–H groups in total. The Bertz CT molecular complexity index is 490. The lowest BCUT2D eigenvalue weighted by atomic mass is 10.2. The molecule has 2 aromatic heterocycles. The zero-order valence-corrected chi connectivity index (χ0v) is 7.64. The zero-order valence-electron chi connectivity index (χ0n) is 7.64. The predicted molar refractivity (Wildman–Crippen MR) is 49.1 cm³/mol. The average molecular weight is 191 g/mol. The van der Waals surface area contributed by atoms with E-state index in [2.05, 4.69) is 10.1 Å². The second kappa shape index (κ2) is 3.10. The zero-order chi connectivity index (χ0) is 10.1. The Labute approximate surface area is 80.0 Å². The van der Waals surface area contributed by atoms with E-state index in [-0.39, 0.29) is 6.42 Å². The molecule has 2 aromatic rings. The summed E-state index contributed by atoms with van der Waals surface area (Å²) in [6.45, 7) is 1.78. The fraction of sp³-hybridized carbons (Fsp3) is 0.222. The largest absolute Gasteiger partial charge is 0.481 e. The first-order valence-corrected chi connectivity index (χ1v) is 4.19. The number of hydrogen-bond donors (Lipinski definition) is 1. The van der Waals surface area contributed by atoms with Gasteiger partial charge in [-0.15, -0.1) is 0 Å². The summed E-state index contributed by atoms with van der Waals surface area (Å²) in [6.07, 6.45) is 1.73. The molecule has 5 heteroatoms. The molecule has 72 valence electrons. The fourth-order valence-electron chi connectivity index (χ4n) is 1.37. The van der Waals surface area contributed by atoms with E-state index in [1.807, 2.05) is 0 Å². The van der Waals surface area contributed by atoms with Crippen molar-refractivity contribution in [3.63, 3.8) is 0 Å². The van der Waals surface area contributed by atoms with E-state index in [0.29, 0.717) is 17.0 Å². The van der Waals surface area contributed by atoms with Crippen molar-refractivity contribution in [3.05, 3.63) is 29.7 Å². The molecule has 0 fully saturated rings. The van der Waals surface area contributed by atoms with Crippen LogP contribution in [-0.2, 0) is 11.2 Å². The highest BCUT2D eigenvalue weighted by atomic mass is 16.4. The molecule has 0 saturated carbocycles. The molecule has 0 aliphatic rings. The van der Waals surface area contributed by atoms with Gasteiger partial charge in [0.05, 0.1) is 6.42 Å². The number of aromatic nitrogens is 3. The Morgan fingerprint density at radius 1 is 1.64 bits per heavy atom. The maximum atomic E-state index is 10.6. The molecule has 2 heterocycles. The van der Waals surface area contributed by atoms with Gasteiger partial charge in [-0.05, 0) is 13.0 Å². The van der Waals surface area contributed by atoms with Crippen molar-refractivity contribution in [3.8, 4) is 0 Å². The SMILES string of the molecule is Cc1nc2c(CC(=O)O)cccn2n1. The molecule has 0 aliphatic carbocycles. The van der Waals surface area contributed by atoms with Crippen molar-refractivity contribution in [1.29, 1.82) is 0 Å². The third-order valence-corrected chi connectivity index (χ3v) is 1.89. The number of aliphatic carboxylic acids is 1. The minimum absolute atomic E-state index is 0.0253. The van der Waals surface area contributed by atoms with Crippen LogP contribution in [0.2, 0.25) is 0 Å². The highest BCUT2D eigenvalue weighted by Gasteiger charge is 2.08. The summed E-state index contributed by atoms with van der Waals surface area (Å²) in [6, 6.07) is 3.51. The maximum Gasteiger partial charge on any atom is 0.307 e. The lowest BCUT2D eigenvalue weighted by Crippen LogP contribution is -2.02. The highest BCUT2D eigenvalue weighted by molar-refractivity contribution is 5.73. The number of pyridine rings is 1. The number of fused-ring (bicyclic) bond motifs is 1. The number of hydrogen-bond acceptors (Lipinski definition) is 3. The van der Waals surface area contributed by atoms with Crippen LogP contribution in [0.25, 0.3) is 5.65 Å². The van der Waals surface area contributed by atoms with Crippen LogP contribution in [0.5, 0.6) is 0 Å². The molecule has 0 saturated heterocycles. The molecule has 2 rings (SSSR count). The number of carboxylic acids is 1. The van der Waals surface area contributed by atoms with Gasteiger partial charge in [0.15, 0.2) is 5.65 Å². The second-order valence-electron chi connectivity index (χ2n) is 3.03. The third kappa shape index (κ3) is 1.44. The second-order valence-corrected chi connectivity index (χ2v) is 3.03. The number of carbonyl (C=O) groups is 1. The van der Waals surface area contributed by atoms with Gasteiger partial charge < -0.3 is 5.11 Å². The summed E-state index contributed by atoms with van der Waals surface area (Å²) in [5.74, 6) is -0.221. The van der Waals surface area contributed by atoms with Gasteiger partial charge in [0.1, 0.15) is 5.82 Å². The van der Waals surface area contributed by atoms with E-state index in [1.165, 1.54) is 0 Å². The molecule has 0 atom stereocenters. The van der Waals surface area contributed by atoms with Crippen LogP contribution in [0.4, 0.5) is 0 Å². The van der Waals surface area contributed by atoms with Crippen LogP contribution in [0.1, 0.15) is 11.4 Å². The first-order valence-electron chi connectivity index (χ1n) is 4.19. The highest BCUT2D eigenvalue weighted by Crippen LogP contribution is 2.09. The van der Waals surface area contributed by atoms with Gasteiger partial charge in [-0.1, -0.05) is 6.07 Å². The Kier molecular flexibility index (Phi) is 1.92. The van der Waals surface area contributed by atoms with Crippen molar-refractivity contribution in [2.45, 2.75) is 13.3 Å². The Balaban J connectivity index is 2.58. The summed E-state index contributed by atoms with van der Waals surface area (Å²) >= 11 is 0. The summed E-state index contributed by atoms with van der Waals surface area (Å²) < 4.78 is 1.59. The Hall–Kier alpha value is -1.91. The molecule has 0 bridgehead atoms. The molecule has 0 radical (unpaired) electrons. The van der Waals surface area contributed by atoms with Crippen molar-refractivity contribution >= 4 is 11.6 Å². The van der Waals surface area contributed by atoms with Crippen molar-refractivity contribution in [2.24, 2.45) is 0 Å². The lowest BCUT2D eigenvalue weighted by molar-refractivity contribution is -0.136. The molecule has 0 unspecified atom stereocenters. The molecule has 14 heavy (non-hydrogen) atoms. The first-order chi connectivity index (χ1) is 6.66. The van der Waals surface area contributed by atoms with Crippen LogP contribution in [0, 0.1) is 6.92 Å². The standard InChI is InChI=1S/C9H9N3O2/c1-6-10-9-7(5-8(13)14)3-2-4-12(9)11-6/h2-4H,5H2,1H3,(H,13,14). The average Bonchev–Trinajstić information content (AvgIpc) is 2.45. The van der Waals surface area contributed by atoms with Gasteiger partial charge in [0.2, 0.25) is 0 Å². The molecular formula is C9H9N3O2. The normalized spacial score (nSPS) is 10.6. The predicted octanol–water partition coefficient (Wildman–Crippen LogP) is 0.665.